The highest BCUT2D eigenvalue weighted by Crippen LogP contribution is 2.34. The second-order valence-corrected chi connectivity index (χ2v) is 5.89. The summed E-state index contributed by atoms with van der Waals surface area (Å²) in [5.41, 5.74) is 4.59. The van der Waals surface area contributed by atoms with Crippen LogP contribution in [0.1, 0.15) is 28.6 Å². The summed E-state index contributed by atoms with van der Waals surface area (Å²) in [6.07, 6.45) is 3.62. The quantitative estimate of drug-likeness (QED) is 0.586. The molecule has 3 heterocycles. The maximum atomic E-state index is 5.20. The smallest absolute Gasteiger partial charge is 0.170 e. The van der Waals surface area contributed by atoms with Gasteiger partial charge < -0.3 is 14.8 Å². The molecular formula is C19H18N4O. The van der Waals surface area contributed by atoms with Gasteiger partial charge in [0.1, 0.15) is 5.76 Å². The molecule has 3 aromatic heterocycles. The van der Waals surface area contributed by atoms with Gasteiger partial charge in [-0.25, -0.2) is 0 Å². The summed E-state index contributed by atoms with van der Waals surface area (Å²) < 4.78 is 5.20. The van der Waals surface area contributed by atoms with Gasteiger partial charge in [-0.3, -0.25) is 4.98 Å². The zero-order valence-electron chi connectivity index (χ0n) is 13.6. The van der Waals surface area contributed by atoms with Crippen LogP contribution in [0, 0.1) is 13.8 Å². The first-order chi connectivity index (χ1) is 11.7. The summed E-state index contributed by atoms with van der Waals surface area (Å²) in [6, 6.07) is 14.2. The van der Waals surface area contributed by atoms with Gasteiger partial charge in [0, 0.05) is 40.6 Å². The molecule has 0 fully saturated rings. The Kier molecular flexibility index (Phi) is 3.54. The second-order valence-electron chi connectivity index (χ2n) is 5.89. The molecule has 0 radical (unpaired) electrons. The molecule has 1 aromatic carbocycles. The van der Waals surface area contributed by atoms with Crippen LogP contribution >= 0.6 is 0 Å². The molecule has 2 N–H and O–H groups in total. The first kappa shape index (κ1) is 14.5. The van der Waals surface area contributed by atoms with Crippen molar-refractivity contribution in [2.45, 2.75) is 19.9 Å². The van der Waals surface area contributed by atoms with E-state index < -0.39 is 0 Å². The van der Waals surface area contributed by atoms with Crippen molar-refractivity contribution in [2.24, 2.45) is 0 Å². The molecule has 5 nitrogen and oxygen atoms in total. The lowest BCUT2D eigenvalue weighted by Gasteiger charge is -2.19. The Morgan fingerprint density at radius 1 is 1.08 bits per heavy atom. The highest BCUT2D eigenvalue weighted by atomic mass is 16.5. The summed E-state index contributed by atoms with van der Waals surface area (Å²) in [5, 5.41) is 8.79. The summed E-state index contributed by atoms with van der Waals surface area (Å²) in [5.74, 6) is 1.50. The predicted molar refractivity (Wildman–Crippen MR) is 94.0 cm³/mol. The monoisotopic (exact) mass is 318 g/mol. The van der Waals surface area contributed by atoms with Crippen LogP contribution in [0.2, 0.25) is 0 Å². The number of hydrogen-bond donors (Lipinski definition) is 2. The largest absolute Gasteiger partial charge is 0.360 e. The number of aryl methyl sites for hydroxylation is 2. The van der Waals surface area contributed by atoms with Crippen LogP contribution in [0.3, 0.4) is 0 Å². The van der Waals surface area contributed by atoms with E-state index in [-0.39, 0.29) is 6.04 Å². The molecule has 0 amide bonds. The average Bonchev–Trinajstić information content (AvgIpc) is 3.16. The van der Waals surface area contributed by atoms with E-state index in [2.05, 4.69) is 45.6 Å². The lowest BCUT2D eigenvalue weighted by Crippen LogP contribution is -2.13. The van der Waals surface area contributed by atoms with E-state index in [9.17, 15) is 0 Å². The fraction of sp³-hybridized carbons (Fsp3) is 0.158. The standard InChI is InChI=1S/C19H18N4O/c1-12-11-17(23-24-12)22-19(14-7-9-20-10-8-14)18-13(2)21-16-6-4-3-5-15(16)18/h3-11,19,21H,1-2H3,(H,22,23). The van der Waals surface area contributed by atoms with Crippen molar-refractivity contribution < 1.29 is 4.52 Å². The number of nitrogens with zero attached hydrogens (tertiary/aromatic N) is 2. The molecule has 0 spiro atoms. The number of rotatable bonds is 4. The van der Waals surface area contributed by atoms with Crippen LogP contribution in [0.15, 0.2) is 59.4 Å². The fourth-order valence-corrected chi connectivity index (χ4v) is 3.13. The van der Waals surface area contributed by atoms with Gasteiger partial charge in [0.05, 0.1) is 6.04 Å². The van der Waals surface area contributed by atoms with E-state index in [0.717, 1.165) is 28.4 Å². The summed E-state index contributed by atoms with van der Waals surface area (Å²) in [4.78, 5) is 7.60. The predicted octanol–water partition coefficient (Wildman–Crippen LogP) is 4.37. The Labute approximate surface area is 139 Å². The van der Waals surface area contributed by atoms with Crippen molar-refractivity contribution in [2.75, 3.05) is 5.32 Å². The molecule has 0 saturated heterocycles. The van der Waals surface area contributed by atoms with E-state index in [0.29, 0.717) is 0 Å². The minimum absolute atomic E-state index is 0.0475. The third kappa shape index (κ3) is 2.54. The number of H-pyrrole nitrogens is 1. The molecule has 0 aliphatic heterocycles. The molecule has 24 heavy (non-hydrogen) atoms. The Morgan fingerprint density at radius 3 is 2.62 bits per heavy atom. The molecule has 120 valence electrons. The van der Waals surface area contributed by atoms with E-state index in [4.69, 9.17) is 4.52 Å². The van der Waals surface area contributed by atoms with Crippen molar-refractivity contribution in [3.8, 4) is 0 Å². The first-order valence-corrected chi connectivity index (χ1v) is 7.89. The minimum atomic E-state index is -0.0475. The van der Waals surface area contributed by atoms with Crippen LogP contribution < -0.4 is 5.32 Å². The number of benzene rings is 1. The van der Waals surface area contributed by atoms with Gasteiger partial charge in [0.25, 0.3) is 0 Å². The lowest BCUT2D eigenvalue weighted by atomic mass is 9.96. The van der Waals surface area contributed by atoms with Crippen molar-refractivity contribution in [1.29, 1.82) is 0 Å². The second kappa shape index (κ2) is 5.85. The van der Waals surface area contributed by atoms with Gasteiger partial charge in [-0.15, -0.1) is 0 Å². The zero-order chi connectivity index (χ0) is 16.5. The third-order valence-electron chi connectivity index (χ3n) is 4.19. The van der Waals surface area contributed by atoms with Gasteiger partial charge in [0.2, 0.25) is 0 Å². The van der Waals surface area contributed by atoms with E-state index in [1.807, 2.05) is 43.6 Å². The van der Waals surface area contributed by atoms with E-state index in [1.54, 1.807) is 0 Å². The van der Waals surface area contributed by atoms with Crippen LogP contribution in [0.4, 0.5) is 5.82 Å². The number of nitrogens with one attached hydrogen (secondary N) is 2. The average molecular weight is 318 g/mol. The molecule has 4 rings (SSSR count). The molecule has 1 atom stereocenters. The summed E-state index contributed by atoms with van der Waals surface area (Å²) in [7, 11) is 0. The van der Waals surface area contributed by atoms with Gasteiger partial charge in [0.15, 0.2) is 5.82 Å². The summed E-state index contributed by atoms with van der Waals surface area (Å²) in [6.45, 7) is 3.98. The Morgan fingerprint density at radius 2 is 1.88 bits per heavy atom. The zero-order valence-corrected chi connectivity index (χ0v) is 13.6. The fourth-order valence-electron chi connectivity index (χ4n) is 3.13. The molecule has 5 heteroatoms. The molecule has 1 unspecified atom stereocenters. The van der Waals surface area contributed by atoms with Crippen LogP contribution in [-0.4, -0.2) is 15.1 Å². The number of anilines is 1. The van der Waals surface area contributed by atoms with Gasteiger partial charge in [-0.2, -0.15) is 0 Å². The maximum Gasteiger partial charge on any atom is 0.170 e. The Balaban J connectivity index is 1.87. The van der Waals surface area contributed by atoms with Crippen molar-refractivity contribution in [3.63, 3.8) is 0 Å². The van der Waals surface area contributed by atoms with Crippen LogP contribution in [0.5, 0.6) is 0 Å². The number of para-hydroxylation sites is 1. The SMILES string of the molecule is Cc1cc(NC(c2ccncc2)c2c(C)[nH]c3ccccc23)no1. The third-order valence-corrected chi connectivity index (χ3v) is 4.19. The Hall–Kier alpha value is -3.08. The number of aromatic nitrogens is 3. The maximum absolute atomic E-state index is 5.20. The Bertz CT molecular complexity index is 971. The number of pyridine rings is 1. The van der Waals surface area contributed by atoms with E-state index in [1.165, 1.54) is 10.9 Å². The minimum Gasteiger partial charge on any atom is -0.360 e. The number of aromatic amines is 1. The summed E-state index contributed by atoms with van der Waals surface area (Å²) >= 11 is 0. The molecule has 0 aliphatic rings. The van der Waals surface area contributed by atoms with Gasteiger partial charge in [-0.05, 0) is 37.6 Å². The topological polar surface area (TPSA) is 66.7 Å². The van der Waals surface area contributed by atoms with Crippen molar-refractivity contribution >= 4 is 16.7 Å². The van der Waals surface area contributed by atoms with Gasteiger partial charge in [-0.1, -0.05) is 23.4 Å². The van der Waals surface area contributed by atoms with Crippen LogP contribution in [0.25, 0.3) is 10.9 Å². The first-order valence-electron chi connectivity index (χ1n) is 7.89. The van der Waals surface area contributed by atoms with E-state index >= 15 is 0 Å². The molecule has 0 aliphatic carbocycles. The lowest BCUT2D eigenvalue weighted by molar-refractivity contribution is 0.399. The normalized spacial score (nSPS) is 12.4. The molecule has 4 aromatic rings. The molecule has 0 bridgehead atoms. The molecule has 0 saturated carbocycles. The van der Waals surface area contributed by atoms with Crippen molar-refractivity contribution in [3.05, 3.63) is 77.4 Å². The molecular weight excluding hydrogens is 300 g/mol. The number of hydrogen-bond acceptors (Lipinski definition) is 4. The van der Waals surface area contributed by atoms with Crippen molar-refractivity contribution in [1.82, 2.24) is 15.1 Å². The highest BCUT2D eigenvalue weighted by Gasteiger charge is 2.21. The highest BCUT2D eigenvalue weighted by molar-refractivity contribution is 5.86. The van der Waals surface area contributed by atoms with Gasteiger partial charge >= 0.3 is 0 Å². The van der Waals surface area contributed by atoms with Crippen LogP contribution in [-0.2, 0) is 0 Å². The number of fused-ring (bicyclic) bond motifs is 1.